The first-order valence-corrected chi connectivity index (χ1v) is 8.76. The lowest BCUT2D eigenvalue weighted by Gasteiger charge is -2.33. The summed E-state index contributed by atoms with van der Waals surface area (Å²) in [6, 6.07) is 10.0. The second kappa shape index (κ2) is 7.84. The standard InChI is InChI=1S/C19H32N2/c1-5-13-20-18(6-2)17-9-7-8-10-19(17)21(15(3)4)14-16-11-12-16/h7-10,15-16,18,20H,5-6,11-14H2,1-4H3. The summed E-state index contributed by atoms with van der Waals surface area (Å²) in [4.78, 5) is 2.61. The third kappa shape index (κ3) is 4.47. The van der Waals surface area contributed by atoms with Gasteiger partial charge in [-0.2, -0.15) is 0 Å². The van der Waals surface area contributed by atoms with Gasteiger partial charge in [0.15, 0.2) is 0 Å². The fourth-order valence-corrected chi connectivity index (χ4v) is 3.00. The smallest absolute Gasteiger partial charge is 0.0417 e. The Morgan fingerprint density at radius 3 is 2.48 bits per heavy atom. The van der Waals surface area contributed by atoms with Crippen molar-refractivity contribution >= 4 is 5.69 Å². The number of nitrogens with zero attached hydrogens (tertiary/aromatic N) is 1. The van der Waals surface area contributed by atoms with Crippen LogP contribution in [0.3, 0.4) is 0 Å². The van der Waals surface area contributed by atoms with Crippen molar-refractivity contribution in [2.75, 3.05) is 18.0 Å². The van der Waals surface area contributed by atoms with Crippen LogP contribution in [0.2, 0.25) is 0 Å². The Hall–Kier alpha value is -1.02. The van der Waals surface area contributed by atoms with E-state index in [0.717, 1.165) is 18.9 Å². The molecular formula is C19H32N2. The third-order valence-corrected chi connectivity index (χ3v) is 4.45. The molecule has 0 heterocycles. The van der Waals surface area contributed by atoms with E-state index in [1.165, 1.54) is 37.1 Å². The molecule has 0 aromatic heterocycles. The highest BCUT2D eigenvalue weighted by molar-refractivity contribution is 5.56. The molecule has 2 rings (SSSR count). The molecule has 0 bridgehead atoms. The summed E-state index contributed by atoms with van der Waals surface area (Å²) in [7, 11) is 0. The molecule has 1 N–H and O–H groups in total. The fourth-order valence-electron chi connectivity index (χ4n) is 3.00. The van der Waals surface area contributed by atoms with E-state index in [1.54, 1.807) is 0 Å². The topological polar surface area (TPSA) is 15.3 Å². The molecule has 0 saturated heterocycles. The number of nitrogens with one attached hydrogen (secondary N) is 1. The van der Waals surface area contributed by atoms with Crippen molar-refractivity contribution in [1.82, 2.24) is 5.32 Å². The summed E-state index contributed by atoms with van der Waals surface area (Å²) in [5.74, 6) is 0.920. The lowest BCUT2D eigenvalue weighted by atomic mass is 10.00. The first kappa shape index (κ1) is 16.4. The summed E-state index contributed by atoms with van der Waals surface area (Å²) >= 11 is 0. The van der Waals surface area contributed by atoms with Crippen LogP contribution in [0.15, 0.2) is 24.3 Å². The zero-order chi connectivity index (χ0) is 15.2. The van der Waals surface area contributed by atoms with Crippen LogP contribution in [0.25, 0.3) is 0 Å². The van der Waals surface area contributed by atoms with Gasteiger partial charge in [-0.15, -0.1) is 0 Å². The minimum Gasteiger partial charge on any atom is -0.369 e. The van der Waals surface area contributed by atoms with Gasteiger partial charge in [-0.25, -0.2) is 0 Å². The molecule has 0 spiro atoms. The maximum Gasteiger partial charge on any atom is 0.0417 e. The van der Waals surface area contributed by atoms with Gasteiger partial charge in [0.05, 0.1) is 0 Å². The van der Waals surface area contributed by atoms with E-state index in [-0.39, 0.29) is 0 Å². The highest BCUT2D eigenvalue weighted by Gasteiger charge is 2.27. The summed E-state index contributed by atoms with van der Waals surface area (Å²) in [5, 5.41) is 3.71. The first-order chi connectivity index (χ1) is 10.2. The van der Waals surface area contributed by atoms with Crippen LogP contribution in [0.5, 0.6) is 0 Å². The molecule has 1 aromatic rings. The number of hydrogen-bond donors (Lipinski definition) is 1. The van der Waals surface area contributed by atoms with Gasteiger partial charge >= 0.3 is 0 Å². The second-order valence-corrected chi connectivity index (χ2v) is 6.66. The molecule has 0 radical (unpaired) electrons. The predicted octanol–water partition coefficient (Wildman–Crippen LogP) is 4.76. The lowest BCUT2D eigenvalue weighted by molar-refractivity contribution is 0.515. The monoisotopic (exact) mass is 288 g/mol. The molecular weight excluding hydrogens is 256 g/mol. The zero-order valence-corrected chi connectivity index (χ0v) is 14.2. The fraction of sp³-hybridized carbons (Fsp3) is 0.684. The van der Waals surface area contributed by atoms with Gasteiger partial charge in [0.2, 0.25) is 0 Å². The molecule has 2 heteroatoms. The van der Waals surface area contributed by atoms with Gasteiger partial charge < -0.3 is 10.2 Å². The third-order valence-electron chi connectivity index (χ3n) is 4.45. The normalized spacial score (nSPS) is 16.2. The highest BCUT2D eigenvalue weighted by atomic mass is 15.2. The van der Waals surface area contributed by atoms with Crippen molar-refractivity contribution in [3.8, 4) is 0 Å². The second-order valence-electron chi connectivity index (χ2n) is 6.66. The van der Waals surface area contributed by atoms with Crippen LogP contribution in [0, 0.1) is 5.92 Å². The molecule has 1 aliphatic rings. The van der Waals surface area contributed by atoms with E-state index in [9.17, 15) is 0 Å². The van der Waals surface area contributed by atoms with Gasteiger partial charge in [0.1, 0.15) is 0 Å². The van der Waals surface area contributed by atoms with E-state index >= 15 is 0 Å². The molecule has 1 aromatic carbocycles. The van der Waals surface area contributed by atoms with E-state index < -0.39 is 0 Å². The SMILES string of the molecule is CCCNC(CC)c1ccccc1N(CC1CC1)C(C)C. The molecule has 1 fully saturated rings. The lowest BCUT2D eigenvalue weighted by Crippen LogP contribution is -2.34. The molecule has 1 saturated carbocycles. The molecule has 0 aliphatic heterocycles. The average Bonchev–Trinajstić information content (AvgIpc) is 3.30. The van der Waals surface area contributed by atoms with Crippen molar-refractivity contribution in [1.29, 1.82) is 0 Å². The maximum atomic E-state index is 3.71. The van der Waals surface area contributed by atoms with Gasteiger partial charge in [-0.3, -0.25) is 0 Å². The Kier molecular flexibility index (Phi) is 6.10. The molecule has 1 atom stereocenters. The van der Waals surface area contributed by atoms with Crippen LogP contribution in [-0.4, -0.2) is 19.1 Å². The minimum atomic E-state index is 0.474. The van der Waals surface area contributed by atoms with E-state index in [1.807, 2.05) is 0 Å². The number of para-hydroxylation sites is 1. The Morgan fingerprint density at radius 1 is 1.19 bits per heavy atom. The number of hydrogen-bond acceptors (Lipinski definition) is 2. The number of anilines is 1. The summed E-state index contributed by atoms with van der Waals surface area (Å²) in [6.07, 6.45) is 5.16. The van der Waals surface area contributed by atoms with Crippen LogP contribution in [0.4, 0.5) is 5.69 Å². The minimum absolute atomic E-state index is 0.474. The van der Waals surface area contributed by atoms with Crippen LogP contribution in [-0.2, 0) is 0 Å². The van der Waals surface area contributed by atoms with Crippen molar-refractivity contribution in [3.05, 3.63) is 29.8 Å². The summed E-state index contributed by atoms with van der Waals surface area (Å²) in [5.41, 5.74) is 2.91. The molecule has 1 unspecified atom stereocenters. The van der Waals surface area contributed by atoms with E-state index in [2.05, 4.69) is 62.2 Å². The van der Waals surface area contributed by atoms with Gasteiger partial charge in [-0.05, 0) is 63.6 Å². The van der Waals surface area contributed by atoms with Crippen LogP contribution >= 0.6 is 0 Å². The van der Waals surface area contributed by atoms with Crippen molar-refractivity contribution in [2.45, 2.75) is 65.5 Å². The van der Waals surface area contributed by atoms with E-state index in [0.29, 0.717) is 12.1 Å². The van der Waals surface area contributed by atoms with Crippen LogP contribution in [0.1, 0.15) is 65.0 Å². The Labute approximate surface area is 130 Å². The van der Waals surface area contributed by atoms with Crippen molar-refractivity contribution in [2.24, 2.45) is 5.92 Å². The number of rotatable bonds is 9. The Morgan fingerprint density at radius 2 is 1.90 bits per heavy atom. The largest absolute Gasteiger partial charge is 0.369 e. The highest BCUT2D eigenvalue weighted by Crippen LogP contribution is 2.35. The molecule has 21 heavy (non-hydrogen) atoms. The summed E-state index contributed by atoms with van der Waals surface area (Å²) in [6.45, 7) is 11.5. The maximum absolute atomic E-state index is 3.71. The van der Waals surface area contributed by atoms with Gasteiger partial charge in [0.25, 0.3) is 0 Å². The quantitative estimate of drug-likeness (QED) is 0.704. The van der Waals surface area contributed by atoms with Gasteiger partial charge in [0, 0.05) is 24.3 Å². The molecule has 1 aliphatic carbocycles. The van der Waals surface area contributed by atoms with Crippen molar-refractivity contribution in [3.63, 3.8) is 0 Å². The average molecular weight is 288 g/mol. The van der Waals surface area contributed by atoms with E-state index in [4.69, 9.17) is 0 Å². The predicted molar refractivity (Wildman–Crippen MR) is 93.0 cm³/mol. The Balaban J connectivity index is 2.23. The molecule has 2 nitrogen and oxygen atoms in total. The summed E-state index contributed by atoms with van der Waals surface area (Å²) < 4.78 is 0. The van der Waals surface area contributed by atoms with Crippen LogP contribution < -0.4 is 10.2 Å². The molecule has 0 amide bonds. The van der Waals surface area contributed by atoms with Gasteiger partial charge in [-0.1, -0.05) is 32.0 Å². The first-order valence-electron chi connectivity index (χ1n) is 8.76. The van der Waals surface area contributed by atoms with Crippen molar-refractivity contribution < 1.29 is 0 Å². The molecule has 118 valence electrons. The number of benzene rings is 1. The Bertz CT molecular complexity index is 423. The zero-order valence-electron chi connectivity index (χ0n) is 14.2.